The molecule has 0 N–H and O–H groups in total. The van der Waals surface area contributed by atoms with Crippen molar-refractivity contribution in [3.63, 3.8) is 0 Å². The monoisotopic (exact) mass is 304 g/mol. The molecule has 0 bridgehead atoms. The molecule has 0 saturated carbocycles. The van der Waals surface area contributed by atoms with Crippen LogP contribution in [0.1, 0.15) is 48.0 Å². The fourth-order valence-corrected chi connectivity index (χ4v) is 2.75. The summed E-state index contributed by atoms with van der Waals surface area (Å²) in [6.45, 7) is 8.22. The van der Waals surface area contributed by atoms with Gasteiger partial charge in [-0.1, -0.05) is 56.6 Å². The highest BCUT2D eigenvalue weighted by Crippen LogP contribution is 2.28. The number of benzene rings is 1. The second-order valence-corrected chi connectivity index (χ2v) is 6.73. The molecular weight excluding hydrogens is 284 g/mol. The van der Waals surface area contributed by atoms with Crippen LogP contribution in [0.15, 0.2) is 24.3 Å². The van der Waals surface area contributed by atoms with Gasteiger partial charge >= 0.3 is 0 Å². The van der Waals surface area contributed by atoms with E-state index in [1.165, 1.54) is 0 Å². The average molecular weight is 305 g/mol. The summed E-state index contributed by atoms with van der Waals surface area (Å²) in [4.78, 5) is 12.7. The van der Waals surface area contributed by atoms with Crippen molar-refractivity contribution in [3.05, 3.63) is 51.8 Å². The van der Waals surface area contributed by atoms with E-state index in [1.54, 1.807) is 11.7 Å². The minimum Gasteiger partial charge on any atom is -0.294 e. The van der Waals surface area contributed by atoms with E-state index in [1.807, 2.05) is 31.2 Å². The zero-order valence-electron chi connectivity index (χ0n) is 13.2. The first kappa shape index (κ1) is 15.8. The minimum absolute atomic E-state index is 0.0694. The molecule has 4 heteroatoms. The molecule has 0 aliphatic carbocycles. The number of carbonyl (C=O) groups excluding carboxylic acids is 1. The maximum Gasteiger partial charge on any atom is 0.167 e. The van der Waals surface area contributed by atoms with Crippen molar-refractivity contribution in [1.82, 2.24) is 9.78 Å². The fraction of sp³-hybridized carbons (Fsp3) is 0.412. The Morgan fingerprint density at radius 1 is 1.29 bits per heavy atom. The van der Waals surface area contributed by atoms with E-state index in [0.717, 1.165) is 22.4 Å². The number of hydrogen-bond acceptors (Lipinski definition) is 2. The van der Waals surface area contributed by atoms with E-state index in [2.05, 4.69) is 25.9 Å². The van der Waals surface area contributed by atoms with E-state index < -0.39 is 0 Å². The van der Waals surface area contributed by atoms with Gasteiger partial charge in [0, 0.05) is 24.6 Å². The molecule has 1 heterocycles. The van der Waals surface area contributed by atoms with Crippen molar-refractivity contribution < 1.29 is 4.79 Å². The fourth-order valence-electron chi connectivity index (χ4n) is 2.51. The Kier molecular flexibility index (Phi) is 4.24. The molecule has 0 fully saturated rings. The Morgan fingerprint density at radius 3 is 2.43 bits per heavy atom. The highest BCUT2D eigenvalue weighted by atomic mass is 35.5. The highest BCUT2D eigenvalue weighted by molar-refractivity contribution is 6.30. The van der Waals surface area contributed by atoms with Crippen LogP contribution in [0.2, 0.25) is 5.15 Å². The van der Waals surface area contributed by atoms with E-state index in [-0.39, 0.29) is 17.6 Å². The molecule has 0 saturated heterocycles. The summed E-state index contributed by atoms with van der Waals surface area (Å²) in [7, 11) is 1.78. The standard InChI is InChI=1S/C17H21ClN2O/c1-11-13(16(18)20(5)19-11)10-15(21)12-8-6-7-9-14(12)17(2,3)4/h6-9H,10H2,1-5H3. The normalized spacial score (nSPS) is 11.7. The van der Waals surface area contributed by atoms with Crippen LogP contribution in [0, 0.1) is 6.92 Å². The van der Waals surface area contributed by atoms with E-state index in [4.69, 9.17) is 11.6 Å². The van der Waals surface area contributed by atoms with Crippen LogP contribution < -0.4 is 0 Å². The lowest BCUT2D eigenvalue weighted by molar-refractivity contribution is 0.0990. The molecule has 0 atom stereocenters. The first-order chi connectivity index (χ1) is 9.71. The number of Topliss-reactive ketones (excluding diaryl/α,β-unsaturated/α-hetero) is 1. The Labute approximate surface area is 130 Å². The first-order valence-corrected chi connectivity index (χ1v) is 7.40. The summed E-state index contributed by atoms with van der Waals surface area (Å²) in [5.74, 6) is 0.0820. The number of carbonyl (C=O) groups is 1. The Hall–Kier alpha value is -1.61. The Bertz CT molecular complexity index is 681. The zero-order valence-corrected chi connectivity index (χ0v) is 14.0. The Morgan fingerprint density at radius 2 is 1.90 bits per heavy atom. The Balaban J connectivity index is 2.38. The second kappa shape index (κ2) is 5.64. The van der Waals surface area contributed by atoms with Crippen molar-refractivity contribution >= 4 is 17.4 Å². The van der Waals surface area contributed by atoms with E-state index in [0.29, 0.717) is 5.15 Å². The summed E-state index contributed by atoms with van der Waals surface area (Å²) in [6.07, 6.45) is 0.283. The van der Waals surface area contributed by atoms with Gasteiger partial charge in [-0.15, -0.1) is 0 Å². The predicted octanol–water partition coefficient (Wildman–Crippen LogP) is 4.10. The zero-order chi connectivity index (χ0) is 15.8. The van der Waals surface area contributed by atoms with Gasteiger partial charge in [0.1, 0.15) is 5.15 Å². The predicted molar refractivity (Wildman–Crippen MR) is 86.1 cm³/mol. The molecule has 112 valence electrons. The van der Waals surface area contributed by atoms with Crippen LogP contribution in [0.4, 0.5) is 0 Å². The third-order valence-electron chi connectivity index (χ3n) is 3.64. The summed E-state index contributed by atoms with van der Waals surface area (Å²) in [6, 6.07) is 7.79. The first-order valence-electron chi connectivity index (χ1n) is 7.02. The van der Waals surface area contributed by atoms with Gasteiger partial charge in [0.05, 0.1) is 5.69 Å². The summed E-state index contributed by atoms with van der Waals surface area (Å²) in [5.41, 5.74) is 3.38. The lowest BCUT2D eigenvalue weighted by Crippen LogP contribution is -2.18. The molecule has 0 unspecified atom stereocenters. The smallest absolute Gasteiger partial charge is 0.167 e. The van der Waals surface area contributed by atoms with Gasteiger partial charge in [0.2, 0.25) is 0 Å². The molecule has 0 aliphatic rings. The third kappa shape index (κ3) is 3.18. The lowest BCUT2D eigenvalue weighted by atomic mass is 9.82. The quantitative estimate of drug-likeness (QED) is 0.800. The molecule has 1 aromatic heterocycles. The van der Waals surface area contributed by atoms with Crippen LogP contribution in [0.25, 0.3) is 0 Å². The van der Waals surface area contributed by atoms with E-state index in [9.17, 15) is 4.79 Å². The molecule has 3 nitrogen and oxygen atoms in total. The highest BCUT2D eigenvalue weighted by Gasteiger charge is 2.23. The van der Waals surface area contributed by atoms with Crippen molar-refractivity contribution in [1.29, 1.82) is 0 Å². The van der Waals surface area contributed by atoms with Crippen molar-refractivity contribution in [2.24, 2.45) is 7.05 Å². The molecule has 2 rings (SSSR count). The van der Waals surface area contributed by atoms with E-state index >= 15 is 0 Å². The van der Waals surface area contributed by atoms with Gasteiger partial charge in [-0.25, -0.2) is 0 Å². The number of aryl methyl sites for hydroxylation is 2. The molecule has 21 heavy (non-hydrogen) atoms. The topological polar surface area (TPSA) is 34.9 Å². The maximum atomic E-state index is 12.7. The molecule has 0 radical (unpaired) electrons. The second-order valence-electron chi connectivity index (χ2n) is 6.37. The number of rotatable bonds is 3. The number of aromatic nitrogens is 2. The summed E-state index contributed by atoms with van der Waals surface area (Å²) >= 11 is 6.22. The minimum atomic E-state index is -0.0694. The van der Waals surface area contributed by atoms with Gasteiger partial charge in [-0.2, -0.15) is 5.10 Å². The van der Waals surface area contributed by atoms with Gasteiger partial charge in [0.25, 0.3) is 0 Å². The summed E-state index contributed by atoms with van der Waals surface area (Å²) < 4.78 is 1.61. The largest absolute Gasteiger partial charge is 0.294 e. The molecule has 0 aliphatic heterocycles. The SMILES string of the molecule is Cc1nn(C)c(Cl)c1CC(=O)c1ccccc1C(C)(C)C. The van der Waals surface area contributed by atoms with Crippen molar-refractivity contribution in [3.8, 4) is 0 Å². The van der Waals surface area contributed by atoms with Crippen LogP contribution in [0.5, 0.6) is 0 Å². The van der Waals surface area contributed by atoms with Gasteiger partial charge in [0.15, 0.2) is 5.78 Å². The molecular formula is C17H21ClN2O. The van der Waals surface area contributed by atoms with Crippen molar-refractivity contribution in [2.75, 3.05) is 0 Å². The number of halogens is 1. The van der Waals surface area contributed by atoms with Crippen LogP contribution in [-0.4, -0.2) is 15.6 Å². The molecule has 1 aromatic carbocycles. The van der Waals surface area contributed by atoms with Gasteiger partial charge < -0.3 is 0 Å². The average Bonchev–Trinajstić information content (AvgIpc) is 2.64. The number of hydrogen-bond donors (Lipinski definition) is 0. The number of nitrogens with zero attached hydrogens (tertiary/aromatic N) is 2. The van der Waals surface area contributed by atoms with Crippen molar-refractivity contribution in [2.45, 2.75) is 39.5 Å². The molecule has 2 aromatic rings. The third-order valence-corrected chi connectivity index (χ3v) is 4.12. The molecule has 0 amide bonds. The van der Waals surface area contributed by atoms with Gasteiger partial charge in [-0.3, -0.25) is 9.48 Å². The summed E-state index contributed by atoms with van der Waals surface area (Å²) in [5, 5.41) is 4.80. The van der Waals surface area contributed by atoms with Crippen LogP contribution in [-0.2, 0) is 18.9 Å². The van der Waals surface area contributed by atoms with Crippen LogP contribution in [0.3, 0.4) is 0 Å². The molecule has 0 spiro atoms. The maximum absolute atomic E-state index is 12.7. The van der Waals surface area contributed by atoms with Crippen LogP contribution >= 0.6 is 11.6 Å². The number of ketones is 1. The van der Waals surface area contributed by atoms with Gasteiger partial charge in [-0.05, 0) is 17.9 Å². The lowest BCUT2D eigenvalue weighted by Gasteiger charge is -2.22.